The molecule has 1 heterocycles. The summed E-state index contributed by atoms with van der Waals surface area (Å²) >= 11 is 5.52. The fourth-order valence-electron chi connectivity index (χ4n) is 3.10. The average molecular weight is 356 g/mol. The molecule has 1 aliphatic rings. The van der Waals surface area contributed by atoms with Gasteiger partial charge in [-0.25, -0.2) is 0 Å². The molecule has 1 atom stereocenters. The van der Waals surface area contributed by atoms with Crippen LogP contribution < -0.4 is 20.1 Å². The Balaban J connectivity index is 1.74. The maximum Gasteiger partial charge on any atom is 0.171 e. The lowest BCUT2D eigenvalue weighted by Crippen LogP contribution is -2.42. The number of fused-ring (bicyclic) bond motifs is 1. The van der Waals surface area contributed by atoms with Gasteiger partial charge in [-0.2, -0.15) is 0 Å². The SMILES string of the molecule is COc1ccc(NC(=S)N[C@H]2CC(C)(C)Oc3ccc(C)cc32)cc1. The smallest absolute Gasteiger partial charge is 0.171 e. The molecule has 4 nitrogen and oxygen atoms in total. The third kappa shape index (κ3) is 4.23. The van der Waals surface area contributed by atoms with Gasteiger partial charge in [0.15, 0.2) is 5.11 Å². The van der Waals surface area contributed by atoms with Crippen LogP contribution in [0.1, 0.15) is 37.4 Å². The van der Waals surface area contributed by atoms with E-state index >= 15 is 0 Å². The number of anilines is 1. The van der Waals surface area contributed by atoms with Crippen molar-refractivity contribution in [2.45, 2.75) is 38.8 Å². The van der Waals surface area contributed by atoms with Crippen LogP contribution in [-0.2, 0) is 0 Å². The molecule has 0 fully saturated rings. The van der Waals surface area contributed by atoms with E-state index in [1.54, 1.807) is 7.11 Å². The predicted octanol–water partition coefficient (Wildman–Crippen LogP) is 4.59. The first kappa shape index (κ1) is 17.5. The highest BCUT2D eigenvalue weighted by molar-refractivity contribution is 7.80. The molecule has 2 N–H and O–H groups in total. The molecule has 3 rings (SSSR count). The third-order valence-electron chi connectivity index (χ3n) is 4.28. The van der Waals surface area contributed by atoms with Crippen LogP contribution in [0.5, 0.6) is 11.5 Å². The minimum atomic E-state index is -0.240. The van der Waals surface area contributed by atoms with E-state index in [0.29, 0.717) is 5.11 Å². The molecule has 0 spiro atoms. The normalized spacial score (nSPS) is 17.8. The second kappa shape index (κ2) is 6.92. The lowest BCUT2D eigenvalue weighted by molar-refractivity contribution is 0.0696. The average Bonchev–Trinajstić information content (AvgIpc) is 2.55. The van der Waals surface area contributed by atoms with Gasteiger partial charge < -0.3 is 20.1 Å². The fraction of sp³-hybridized carbons (Fsp3) is 0.350. The zero-order valence-electron chi connectivity index (χ0n) is 15.1. The van der Waals surface area contributed by atoms with Crippen molar-refractivity contribution in [3.63, 3.8) is 0 Å². The quantitative estimate of drug-likeness (QED) is 0.787. The Kier molecular flexibility index (Phi) is 4.86. The Morgan fingerprint density at radius 2 is 1.92 bits per heavy atom. The van der Waals surface area contributed by atoms with Gasteiger partial charge in [0.2, 0.25) is 0 Å². The molecule has 0 unspecified atom stereocenters. The van der Waals surface area contributed by atoms with Crippen molar-refractivity contribution in [1.29, 1.82) is 0 Å². The molecular weight excluding hydrogens is 332 g/mol. The van der Waals surface area contributed by atoms with E-state index in [0.717, 1.165) is 29.2 Å². The van der Waals surface area contributed by atoms with Crippen molar-refractivity contribution in [2.75, 3.05) is 12.4 Å². The zero-order chi connectivity index (χ0) is 18.0. The third-order valence-corrected chi connectivity index (χ3v) is 4.50. The van der Waals surface area contributed by atoms with Crippen LogP contribution in [0.15, 0.2) is 42.5 Å². The van der Waals surface area contributed by atoms with Gasteiger partial charge >= 0.3 is 0 Å². The van der Waals surface area contributed by atoms with Gasteiger partial charge in [0.05, 0.1) is 13.2 Å². The first-order valence-corrected chi connectivity index (χ1v) is 8.78. The molecule has 1 aliphatic heterocycles. The molecule has 0 saturated carbocycles. The van der Waals surface area contributed by atoms with Gasteiger partial charge in [0.1, 0.15) is 17.1 Å². The lowest BCUT2D eigenvalue weighted by atomic mass is 9.89. The molecule has 0 bridgehead atoms. The van der Waals surface area contributed by atoms with Gasteiger partial charge in [0.25, 0.3) is 0 Å². The highest BCUT2D eigenvalue weighted by Crippen LogP contribution is 2.39. The van der Waals surface area contributed by atoms with E-state index in [2.05, 4.69) is 43.5 Å². The molecule has 0 aliphatic carbocycles. The molecule has 0 saturated heterocycles. The number of rotatable bonds is 3. The molecular formula is C20H24N2O2S. The van der Waals surface area contributed by atoms with E-state index in [4.69, 9.17) is 21.7 Å². The standard InChI is InChI=1S/C20H24N2O2S/c1-13-5-10-18-16(11-13)17(12-20(2,3)24-18)22-19(25)21-14-6-8-15(23-4)9-7-14/h5-11,17H,12H2,1-4H3,(H2,21,22,25)/t17-/m0/s1. The van der Waals surface area contributed by atoms with Crippen LogP contribution in [0.25, 0.3) is 0 Å². The first-order chi connectivity index (χ1) is 11.9. The summed E-state index contributed by atoms with van der Waals surface area (Å²) in [5, 5.41) is 7.28. The fourth-order valence-corrected chi connectivity index (χ4v) is 3.36. The minimum Gasteiger partial charge on any atom is -0.497 e. The van der Waals surface area contributed by atoms with Crippen LogP contribution in [0.4, 0.5) is 5.69 Å². The Bertz CT molecular complexity index is 772. The van der Waals surface area contributed by atoms with Crippen molar-refractivity contribution < 1.29 is 9.47 Å². The summed E-state index contributed by atoms with van der Waals surface area (Å²) in [7, 11) is 1.65. The van der Waals surface area contributed by atoms with Crippen LogP contribution in [0, 0.1) is 6.92 Å². The summed E-state index contributed by atoms with van der Waals surface area (Å²) in [4.78, 5) is 0. The molecule has 0 radical (unpaired) electrons. The molecule has 132 valence electrons. The van der Waals surface area contributed by atoms with E-state index in [9.17, 15) is 0 Å². The number of methoxy groups -OCH3 is 1. The first-order valence-electron chi connectivity index (χ1n) is 8.37. The maximum absolute atomic E-state index is 6.11. The van der Waals surface area contributed by atoms with Crippen LogP contribution in [0.3, 0.4) is 0 Å². The summed E-state index contributed by atoms with van der Waals surface area (Å²) in [6, 6.07) is 14.1. The number of nitrogens with one attached hydrogen (secondary N) is 2. The molecule has 0 amide bonds. The van der Waals surface area contributed by atoms with Crippen molar-refractivity contribution in [2.24, 2.45) is 0 Å². The van der Waals surface area contributed by atoms with Crippen molar-refractivity contribution in [1.82, 2.24) is 5.32 Å². The second-order valence-electron chi connectivity index (χ2n) is 6.99. The van der Waals surface area contributed by atoms with Gasteiger partial charge in [-0.15, -0.1) is 0 Å². The summed E-state index contributed by atoms with van der Waals surface area (Å²) in [6.07, 6.45) is 0.841. The number of aryl methyl sites for hydroxylation is 1. The Morgan fingerprint density at radius 1 is 1.20 bits per heavy atom. The molecule has 0 aromatic heterocycles. The number of thiocarbonyl (C=S) groups is 1. The topological polar surface area (TPSA) is 42.5 Å². The van der Waals surface area contributed by atoms with Gasteiger partial charge in [-0.05, 0) is 63.3 Å². The van der Waals surface area contributed by atoms with Gasteiger partial charge in [-0.1, -0.05) is 17.7 Å². The summed E-state index contributed by atoms with van der Waals surface area (Å²) in [5.41, 5.74) is 3.05. The number of hydrogen-bond acceptors (Lipinski definition) is 3. The van der Waals surface area contributed by atoms with Crippen LogP contribution >= 0.6 is 12.2 Å². The van der Waals surface area contributed by atoms with Crippen molar-refractivity contribution in [3.8, 4) is 11.5 Å². The molecule has 2 aromatic carbocycles. The second-order valence-corrected chi connectivity index (χ2v) is 7.39. The van der Waals surface area contributed by atoms with E-state index < -0.39 is 0 Å². The van der Waals surface area contributed by atoms with E-state index in [-0.39, 0.29) is 11.6 Å². The molecule has 25 heavy (non-hydrogen) atoms. The maximum atomic E-state index is 6.11. The lowest BCUT2D eigenvalue weighted by Gasteiger charge is -2.38. The van der Waals surface area contributed by atoms with E-state index in [1.807, 2.05) is 30.3 Å². The highest BCUT2D eigenvalue weighted by Gasteiger charge is 2.34. The summed E-state index contributed by atoms with van der Waals surface area (Å²) < 4.78 is 11.3. The minimum absolute atomic E-state index is 0.108. The summed E-state index contributed by atoms with van der Waals surface area (Å²) in [5.74, 6) is 1.74. The van der Waals surface area contributed by atoms with Crippen molar-refractivity contribution >= 4 is 23.0 Å². The molecule has 5 heteroatoms. The molecule has 2 aromatic rings. The van der Waals surface area contributed by atoms with E-state index in [1.165, 1.54) is 5.56 Å². The zero-order valence-corrected chi connectivity index (χ0v) is 15.9. The van der Waals surface area contributed by atoms with Gasteiger partial charge in [0, 0.05) is 17.7 Å². The Labute approximate surface area is 154 Å². The monoisotopic (exact) mass is 356 g/mol. The number of benzene rings is 2. The van der Waals surface area contributed by atoms with Crippen molar-refractivity contribution in [3.05, 3.63) is 53.6 Å². The highest BCUT2D eigenvalue weighted by atomic mass is 32.1. The van der Waals surface area contributed by atoms with Gasteiger partial charge in [-0.3, -0.25) is 0 Å². The predicted molar refractivity (Wildman–Crippen MR) is 106 cm³/mol. The number of hydrogen-bond donors (Lipinski definition) is 2. The summed E-state index contributed by atoms with van der Waals surface area (Å²) in [6.45, 7) is 6.29. The van der Waals surface area contributed by atoms with Crippen LogP contribution in [-0.4, -0.2) is 17.8 Å². The largest absolute Gasteiger partial charge is 0.497 e. The Hall–Kier alpha value is -2.27. The Morgan fingerprint density at radius 3 is 2.60 bits per heavy atom. The number of ether oxygens (including phenoxy) is 2. The van der Waals surface area contributed by atoms with Crippen LogP contribution in [0.2, 0.25) is 0 Å².